The molecule has 2 unspecified atom stereocenters. The number of benzene rings is 4. The van der Waals surface area contributed by atoms with E-state index in [4.69, 9.17) is 11.5 Å². The van der Waals surface area contributed by atoms with Crippen molar-refractivity contribution in [2.45, 2.75) is 121 Å². The van der Waals surface area contributed by atoms with Crippen LogP contribution < -0.4 is 67.6 Å². The van der Waals surface area contributed by atoms with E-state index in [1.807, 2.05) is 78.9 Å². The number of hydrogen-bond donors (Lipinski definition) is 7. The first-order valence-corrected chi connectivity index (χ1v) is 29.7. The molecule has 8 bridgehead atoms. The first-order chi connectivity index (χ1) is 43.7. The van der Waals surface area contributed by atoms with Crippen molar-refractivity contribution >= 4 is 97.1 Å². The molecule has 483 valence electrons. The number of urea groups is 1. The SMILES string of the molecule is CC(=O)OOC(C)=O.NC(CCC12CC(C1)C(=O)NC2=O)c1ccccc1.NC12CC(C1)C(=O)NC2=O.O=C(CCC12CC(C1)C(=O)NC2=O)c1ccccc1.O=C1NC(=O)C2(N3CC(c4ccccc4)NC3=O)CC1C2.O=CC(=O)c1ccccc1.[B-]OC(C)=O.[Na+]. The molecule has 0 spiro atoms. The van der Waals surface area contributed by atoms with E-state index < -0.39 is 40.2 Å². The average Bonchev–Trinajstić information content (AvgIpc) is 1.71. The Hall–Kier alpha value is -8.89. The zero-order chi connectivity index (χ0) is 67.1. The Labute approximate surface area is 558 Å². The van der Waals surface area contributed by atoms with Gasteiger partial charge in [0.1, 0.15) is 5.54 Å². The molecule has 4 aromatic carbocycles. The van der Waals surface area contributed by atoms with Crippen LogP contribution in [0.5, 0.6) is 0 Å². The molecule has 9 N–H and O–H groups in total. The third-order valence-corrected chi connectivity index (χ3v) is 17.5. The maximum Gasteiger partial charge on any atom is 1.00 e. The number of imide groups is 4. The molecular formula is C65H71BN8NaO18. The zero-order valence-corrected chi connectivity index (χ0v) is 53.8. The molecule has 4 saturated carbocycles. The molecule has 10 amide bonds. The summed E-state index contributed by atoms with van der Waals surface area (Å²) in [6.07, 6.45) is 7.37. The van der Waals surface area contributed by atoms with E-state index in [1.165, 1.54) is 6.92 Å². The minimum atomic E-state index is -0.827. The van der Waals surface area contributed by atoms with Crippen molar-refractivity contribution in [2.24, 2.45) is 46.0 Å². The van der Waals surface area contributed by atoms with E-state index in [0.29, 0.717) is 88.2 Å². The number of aldehydes is 1. The number of carbonyl (C=O) groups excluding carboxylic acids is 15. The maximum atomic E-state index is 12.3. The van der Waals surface area contributed by atoms with Gasteiger partial charge in [0.2, 0.25) is 53.1 Å². The van der Waals surface area contributed by atoms with Crippen molar-refractivity contribution < 1.29 is 116 Å². The Morgan fingerprint density at radius 3 is 1.37 bits per heavy atom. The number of ketones is 2. The molecule has 4 aromatic rings. The number of nitrogens with zero attached hydrogens (tertiary/aromatic N) is 1. The molecule has 4 aliphatic carbocycles. The molecule has 26 nitrogen and oxygen atoms in total. The third-order valence-electron chi connectivity index (χ3n) is 17.5. The summed E-state index contributed by atoms with van der Waals surface area (Å²) in [6, 6.07) is 36.8. The molecule has 13 aliphatic rings. The number of nitrogens with two attached hydrogens (primary N) is 2. The first-order valence-electron chi connectivity index (χ1n) is 29.7. The van der Waals surface area contributed by atoms with E-state index in [2.05, 4.69) is 49.1 Å². The topological polar surface area (TPSA) is 399 Å². The van der Waals surface area contributed by atoms with Crippen molar-refractivity contribution in [1.29, 1.82) is 0 Å². The van der Waals surface area contributed by atoms with Crippen molar-refractivity contribution in [3.8, 4) is 0 Å². The molecule has 3 radical (unpaired) electrons. The number of nitrogens with one attached hydrogen (secondary N) is 5. The fourth-order valence-corrected chi connectivity index (χ4v) is 12.2. The van der Waals surface area contributed by atoms with Crippen LogP contribution in [0.4, 0.5) is 4.79 Å². The van der Waals surface area contributed by atoms with Crippen LogP contribution in [0, 0.1) is 34.5 Å². The molecule has 17 rings (SSSR count). The average molecular weight is 1290 g/mol. The van der Waals surface area contributed by atoms with Crippen LogP contribution in [-0.2, 0) is 72.0 Å². The smallest absolute Gasteiger partial charge is 0.793 e. The van der Waals surface area contributed by atoms with Crippen LogP contribution in [0.15, 0.2) is 121 Å². The largest absolute Gasteiger partial charge is 1.00 e. The van der Waals surface area contributed by atoms with Gasteiger partial charge in [-0.2, -0.15) is 0 Å². The second-order valence-corrected chi connectivity index (χ2v) is 23.9. The summed E-state index contributed by atoms with van der Waals surface area (Å²) in [6.45, 7) is 3.98. The summed E-state index contributed by atoms with van der Waals surface area (Å²) in [5, 5.41) is 12.4. The summed E-state index contributed by atoms with van der Waals surface area (Å²) < 4.78 is 3.61. The number of carbonyl (C=O) groups is 15. The van der Waals surface area contributed by atoms with Crippen molar-refractivity contribution in [3.63, 3.8) is 0 Å². The molecule has 28 heteroatoms. The quantitative estimate of drug-likeness (QED) is 0.0190. The van der Waals surface area contributed by atoms with Gasteiger partial charge < -0.3 is 34.4 Å². The van der Waals surface area contributed by atoms with Crippen molar-refractivity contribution in [1.82, 2.24) is 31.5 Å². The second-order valence-electron chi connectivity index (χ2n) is 23.9. The Bertz CT molecular complexity index is 3470. The molecule has 0 aromatic heterocycles. The molecule has 13 fully saturated rings. The van der Waals surface area contributed by atoms with E-state index >= 15 is 0 Å². The van der Waals surface area contributed by atoms with Crippen LogP contribution in [-0.4, -0.2) is 120 Å². The Morgan fingerprint density at radius 2 is 0.957 bits per heavy atom. The van der Waals surface area contributed by atoms with E-state index in [1.54, 1.807) is 47.4 Å². The van der Waals surface area contributed by atoms with Gasteiger partial charge in [-0.25, -0.2) is 24.2 Å². The Kier molecular flexibility index (Phi) is 25.3. The van der Waals surface area contributed by atoms with Crippen LogP contribution in [0.3, 0.4) is 0 Å². The fourth-order valence-electron chi connectivity index (χ4n) is 12.2. The summed E-state index contributed by atoms with van der Waals surface area (Å²) in [4.78, 5) is 175. The number of fused-ring (bicyclic) bond motifs is 8. The first kappa shape index (κ1) is 73.2. The van der Waals surface area contributed by atoms with Crippen LogP contribution in [0.2, 0.25) is 0 Å². The van der Waals surface area contributed by atoms with Gasteiger partial charge in [-0.1, -0.05) is 121 Å². The van der Waals surface area contributed by atoms with Gasteiger partial charge in [0, 0.05) is 74.6 Å². The number of piperidine rings is 8. The predicted molar refractivity (Wildman–Crippen MR) is 323 cm³/mol. The third kappa shape index (κ3) is 18.0. The van der Waals surface area contributed by atoms with Gasteiger partial charge in [-0.3, -0.25) is 78.8 Å². The number of rotatable bonds is 12. The molecular weight excluding hydrogens is 1210 g/mol. The summed E-state index contributed by atoms with van der Waals surface area (Å²) in [7, 11) is 4.32. The number of Topliss-reactive ketones (excluding diaryl/α,β-unsaturated/α-hetero) is 2. The number of amides is 10. The van der Waals surface area contributed by atoms with Gasteiger partial charge in [0.15, 0.2) is 12.1 Å². The normalized spacial score (nSPS) is 26.5. The minimum absolute atomic E-state index is 0. The Morgan fingerprint density at radius 1 is 0.559 bits per heavy atom. The standard InChI is InChI=1S/C15H15N3O3.C15H18N2O2.C15H15NO3.C8H6O2.C6H8N2O2.C4H6O4.C2H3BO2.Na/c19-12-10-6-15(7-10,13(20)17-12)18-8-11(16-14(18)21)9-4-2-1-3-5-9;16-12(10-4-2-1-3-5-10)6-7-15-8-11(9-15)13(18)17-14(15)19;17-12(10-4-2-1-3-5-10)6-7-15-8-11(9-15)13(18)16-14(15)19;9-6-8(10)7-4-2-1-3-5-7;7-6-1-3(2-6)4(9)8-5(6)10;1-3(5)7-8-4(2)6;1-2(4)5-3;/h1-5,10-11H,6-8H2,(H,16,21)(H,17,19,20);1-5,11-12H,6-9,16H2,(H,17,18,19);1-5,11H,6-9H2,(H,16,18,19);1-6H;3H,1-2,7H2,(H,8,9,10);1-2H3;1H3;/q;;;;;;-1;+1. The fraction of sp³-hybridized carbons (Fsp3) is 0.400. The zero-order valence-electron chi connectivity index (χ0n) is 51.8. The van der Waals surface area contributed by atoms with Crippen LogP contribution in [0.1, 0.15) is 142 Å². The van der Waals surface area contributed by atoms with E-state index in [9.17, 15) is 71.9 Å². The molecule has 93 heavy (non-hydrogen) atoms. The summed E-state index contributed by atoms with van der Waals surface area (Å²) in [5.41, 5.74) is 12.7. The Balaban J connectivity index is 0.000000179. The maximum absolute atomic E-state index is 12.3. The van der Waals surface area contributed by atoms with Gasteiger partial charge >= 0.3 is 47.5 Å². The van der Waals surface area contributed by atoms with Gasteiger partial charge in [0.05, 0.1) is 22.4 Å². The summed E-state index contributed by atoms with van der Waals surface area (Å²) in [5.74, 6) is -3.81. The molecule has 9 aliphatic heterocycles. The van der Waals surface area contributed by atoms with Crippen LogP contribution in [0.25, 0.3) is 0 Å². The van der Waals surface area contributed by atoms with Gasteiger partial charge in [-0.15, -0.1) is 0 Å². The monoisotopic (exact) mass is 1290 g/mol. The molecule has 2 atom stereocenters. The predicted octanol–water partition coefficient (Wildman–Crippen LogP) is 0.263. The molecule has 9 heterocycles. The van der Waals surface area contributed by atoms with Gasteiger partial charge in [0.25, 0.3) is 5.91 Å². The second kappa shape index (κ2) is 32.1. The molecule has 9 saturated heterocycles. The van der Waals surface area contributed by atoms with Crippen molar-refractivity contribution in [3.05, 3.63) is 144 Å². The minimum Gasteiger partial charge on any atom is -0.793 e. The van der Waals surface area contributed by atoms with Crippen molar-refractivity contribution in [2.75, 3.05) is 6.54 Å². The van der Waals surface area contributed by atoms with Gasteiger partial charge in [-0.05, 0) is 81.8 Å². The van der Waals surface area contributed by atoms with E-state index in [0.717, 1.165) is 37.8 Å². The number of hydrogen-bond acceptors (Lipinski definition) is 20. The summed E-state index contributed by atoms with van der Waals surface area (Å²) >= 11 is 0. The van der Waals surface area contributed by atoms with Crippen LogP contribution >= 0.6 is 0 Å². The van der Waals surface area contributed by atoms with E-state index in [-0.39, 0.29) is 130 Å².